The minimum absolute atomic E-state index is 0.225. The van der Waals surface area contributed by atoms with Crippen molar-refractivity contribution in [3.8, 4) is 0 Å². The van der Waals surface area contributed by atoms with Crippen LogP contribution in [0, 0.1) is 5.82 Å². The van der Waals surface area contributed by atoms with Gasteiger partial charge in [0, 0.05) is 51.8 Å². The summed E-state index contributed by atoms with van der Waals surface area (Å²) in [5.41, 5.74) is 1.69. The molecule has 0 radical (unpaired) electrons. The van der Waals surface area contributed by atoms with E-state index in [1.54, 1.807) is 17.7 Å². The highest BCUT2D eigenvalue weighted by molar-refractivity contribution is 6.31. The van der Waals surface area contributed by atoms with Crippen LogP contribution >= 0.6 is 11.6 Å². The topological polar surface area (TPSA) is 68.3 Å². The molecular formula is C25H26ClFN6O2. The van der Waals surface area contributed by atoms with Crippen molar-refractivity contribution in [3.05, 3.63) is 91.3 Å². The van der Waals surface area contributed by atoms with Gasteiger partial charge in [0.25, 0.3) is 5.56 Å². The van der Waals surface area contributed by atoms with Gasteiger partial charge in [-0.05, 0) is 23.3 Å². The van der Waals surface area contributed by atoms with Crippen molar-refractivity contribution in [1.82, 2.24) is 23.6 Å². The molecule has 0 atom stereocenters. The molecule has 0 aliphatic carbocycles. The molecule has 2 aromatic carbocycles. The molecule has 182 valence electrons. The predicted molar refractivity (Wildman–Crippen MR) is 135 cm³/mol. The Morgan fingerprint density at radius 2 is 1.66 bits per heavy atom. The summed E-state index contributed by atoms with van der Waals surface area (Å²) in [5.74, 6) is 0.167. The number of nitrogens with zero attached hydrogens (tertiary/aromatic N) is 6. The molecule has 0 bridgehead atoms. The number of benzene rings is 2. The first-order valence-corrected chi connectivity index (χ1v) is 11.8. The zero-order valence-electron chi connectivity index (χ0n) is 19.6. The molecule has 0 spiro atoms. The van der Waals surface area contributed by atoms with E-state index in [0.717, 1.165) is 24.2 Å². The minimum Gasteiger partial charge on any atom is -0.340 e. The molecule has 10 heteroatoms. The number of anilines is 1. The molecule has 8 nitrogen and oxygen atoms in total. The second-order valence-corrected chi connectivity index (χ2v) is 9.27. The molecule has 1 fully saturated rings. The maximum Gasteiger partial charge on any atom is 0.332 e. The lowest BCUT2D eigenvalue weighted by molar-refractivity contribution is 0.248. The Labute approximate surface area is 206 Å². The van der Waals surface area contributed by atoms with Crippen LogP contribution in [0.3, 0.4) is 0 Å². The van der Waals surface area contributed by atoms with Gasteiger partial charge in [0.2, 0.25) is 5.95 Å². The van der Waals surface area contributed by atoms with Crippen molar-refractivity contribution >= 4 is 28.7 Å². The smallest absolute Gasteiger partial charge is 0.332 e. The second kappa shape index (κ2) is 9.31. The van der Waals surface area contributed by atoms with Gasteiger partial charge in [0.05, 0.1) is 6.54 Å². The molecule has 2 aromatic heterocycles. The second-order valence-electron chi connectivity index (χ2n) is 8.86. The molecule has 5 rings (SSSR count). The van der Waals surface area contributed by atoms with Gasteiger partial charge < -0.3 is 4.90 Å². The summed E-state index contributed by atoms with van der Waals surface area (Å²) in [7, 11) is 3.06. The van der Waals surface area contributed by atoms with E-state index in [-0.39, 0.29) is 11.6 Å². The summed E-state index contributed by atoms with van der Waals surface area (Å²) >= 11 is 6.33. The van der Waals surface area contributed by atoms with E-state index in [0.29, 0.717) is 35.8 Å². The maximum atomic E-state index is 13.6. The van der Waals surface area contributed by atoms with Crippen LogP contribution in [0.1, 0.15) is 11.1 Å². The fourth-order valence-electron chi connectivity index (χ4n) is 4.59. The van der Waals surface area contributed by atoms with Gasteiger partial charge in [-0.2, -0.15) is 4.98 Å². The standard InChI is InChI=1S/C25H26ClFN6O2/c1-29-22-21(23(34)30(2)25(29)35)33(16-18-8-9-19(27)14-20(18)26)24(28-22)32-12-10-31(11-13-32)15-17-6-4-3-5-7-17/h3-9,14H,10-13,15-16H2,1-2H3. The van der Waals surface area contributed by atoms with E-state index in [4.69, 9.17) is 16.6 Å². The van der Waals surface area contributed by atoms with Crippen molar-refractivity contribution in [2.75, 3.05) is 31.1 Å². The van der Waals surface area contributed by atoms with Gasteiger partial charge >= 0.3 is 5.69 Å². The Bertz CT molecular complexity index is 1500. The Morgan fingerprint density at radius 3 is 2.34 bits per heavy atom. The van der Waals surface area contributed by atoms with E-state index < -0.39 is 17.1 Å². The van der Waals surface area contributed by atoms with Gasteiger partial charge in [-0.25, -0.2) is 9.18 Å². The molecule has 3 heterocycles. The molecule has 1 saturated heterocycles. The number of imidazole rings is 1. The summed E-state index contributed by atoms with van der Waals surface area (Å²) in [6, 6.07) is 14.5. The first kappa shape index (κ1) is 23.3. The van der Waals surface area contributed by atoms with Gasteiger partial charge in [0.1, 0.15) is 5.82 Å². The predicted octanol–water partition coefficient (Wildman–Crippen LogP) is 2.60. The molecule has 0 saturated carbocycles. The van der Waals surface area contributed by atoms with E-state index in [1.807, 2.05) is 18.2 Å². The summed E-state index contributed by atoms with van der Waals surface area (Å²) < 4.78 is 17.9. The van der Waals surface area contributed by atoms with Crippen LogP contribution in [0.4, 0.5) is 10.3 Å². The minimum atomic E-state index is -0.439. The number of aromatic nitrogens is 4. The highest BCUT2D eigenvalue weighted by Crippen LogP contribution is 2.26. The quantitative estimate of drug-likeness (QED) is 0.425. The molecule has 35 heavy (non-hydrogen) atoms. The van der Waals surface area contributed by atoms with Gasteiger partial charge in [-0.1, -0.05) is 48.0 Å². The maximum absolute atomic E-state index is 13.6. The number of hydrogen-bond donors (Lipinski definition) is 0. The lowest BCUT2D eigenvalue weighted by Gasteiger charge is -2.35. The van der Waals surface area contributed by atoms with E-state index in [2.05, 4.69) is 21.9 Å². The van der Waals surface area contributed by atoms with Crippen LogP contribution in [-0.4, -0.2) is 49.8 Å². The lowest BCUT2D eigenvalue weighted by Crippen LogP contribution is -2.47. The number of halogens is 2. The van der Waals surface area contributed by atoms with E-state index in [1.165, 1.54) is 29.3 Å². The van der Waals surface area contributed by atoms with Crippen LogP contribution in [0.2, 0.25) is 5.02 Å². The molecule has 0 amide bonds. The molecule has 1 aliphatic rings. The molecular weight excluding hydrogens is 471 g/mol. The van der Waals surface area contributed by atoms with Gasteiger partial charge in [-0.3, -0.25) is 23.4 Å². The first-order valence-electron chi connectivity index (χ1n) is 11.4. The van der Waals surface area contributed by atoms with Crippen molar-refractivity contribution < 1.29 is 4.39 Å². The molecule has 0 unspecified atom stereocenters. The van der Waals surface area contributed by atoms with Crippen LogP contribution in [0.15, 0.2) is 58.1 Å². The third-order valence-electron chi connectivity index (χ3n) is 6.58. The molecule has 0 N–H and O–H groups in total. The van der Waals surface area contributed by atoms with Crippen LogP contribution in [0.5, 0.6) is 0 Å². The molecule has 4 aromatic rings. The van der Waals surface area contributed by atoms with Crippen LogP contribution < -0.4 is 16.1 Å². The third kappa shape index (κ3) is 4.37. The Kier molecular flexibility index (Phi) is 6.21. The highest BCUT2D eigenvalue weighted by Gasteiger charge is 2.26. The Morgan fingerprint density at radius 1 is 0.943 bits per heavy atom. The third-order valence-corrected chi connectivity index (χ3v) is 6.93. The Balaban J connectivity index is 1.53. The van der Waals surface area contributed by atoms with Gasteiger partial charge in [0.15, 0.2) is 11.2 Å². The Hall–Kier alpha value is -3.43. The van der Waals surface area contributed by atoms with Crippen molar-refractivity contribution in [2.45, 2.75) is 13.1 Å². The van der Waals surface area contributed by atoms with Crippen LogP contribution in [0.25, 0.3) is 11.2 Å². The summed E-state index contributed by atoms with van der Waals surface area (Å²) in [6.45, 7) is 4.16. The average Bonchev–Trinajstić information content (AvgIpc) is 3.23. The van der Waals surface area contributed by atoms with E-state index in [9.17, 15) is 14.0 Å². The molecule has 1 aliphatic heterocycles. The summed E-state index contributed by atoms with van der Waals surface area (Å²) in [6.07, 6.45) is 0. The monoisotopic (exact) mass is 496 g/mol. The van der Waals surface area contributed by atoms with E-state index >= 15 is 0 Å². The normalized spacial score (nSPS) is 14.7. The van der Waals surface area contributed by atoms with Gasteiger partial charge in [-0.15, -0.1) is 0 Å². The largest absolute Gasteiger partial charge is 0.340 e. The van der Waals surface area contributed by atoms with Crippen molar-refractivity contribution in [3.63, 3.8) is 0 Å². The number of fused-ring (bicyclic) bond motifs is 1. The number of aryl methyl sites for hydroxylation is 1. The zero-order valence-corrected chi connectivity index (χ0v) is 20.4. The zero-order chi connectivity index (χ0) is 24.7. The summed E-state index contributed by atoms with van der Waals surface area (Å²) in [4.78, 5) is 35.0. The highest BCUT2D eigenvalue weighted by atomic mass is 35.5. The van der Waals surface area contributed by atoms with Crippen LogP contribution in [-0.2, 0) is 27.2 Å². The van der Waals surface area contributed by atoms with Crippen molar-refractivity contribution in [2.24, 2.45) is 14.1 Å². The van der Waals surface area contributed by atoms with Crippen molar-refractivity contribution in [1.29, 1.82) is 0 Å². The first-order chi connectivity index (χ1) is 16.8. The average molecular weight is 497 g/mol. The lowest BCUT2D eigenvalue weighted by atomic mass is 10.2. The SMILES string of the molecule is Cn1c(=O)c2c(nc(N3CCN(Cc4ccccc4)CC3)n2Cc2ccc(F)cc2Cl)n(C)c1=O. The number of rotatable bonds is 5. The number of piperazine rings is 1. The number of hydrogen-bond acceptors (Lipinski definition) is 5. The fourth-order valence-corrected chi connectivity index (χ4v) is 4.82. The summed E-state index contributed by atoms with van der Waals surface area (Å²) in [5, 5.41) is 0.270. The fraction of sp³-hybridized carbons (Fsp3) is 0.320.